The number of rotatable bonds is 5. The van der Waals surface area contributed by atoms with Gasteiger partial charge in [-0.05, 0) is 32.9 Å². The van der Waals surface area contributed by atoms with Crippen LogP contribution in [0.25, 0.3) is 11.4 Å². The van der Waals surface area contributed by atoms with Crippen LogP contribution in [-0.4, -0.2) is 31.3 Å². The number of Topliss-reactive ketones (excluding diaryl/α,β-unsaturated/α-hetero) is 1. The number of aromatic nitrogens is 4. The van der Waals surface area contributed by atoms with Crippen molar-refractivity contribution in [1.82, 2.24) is 19.7 Å². The topological polar surface area (TPSA) is 76.7 Å². The lowest BCUT2D eigenvalue weighted by molar-refractivity contribution is 0.102. The van der Waals surface area contributed by atoms with Gasteiger partial charge in [0.1, 0.15) is 5.76 Å². The first-order chi connectivity index (χ1) is 11.0. The summed E-state index contributed by atoms with van der Waals surface area (Å²) in [5, 5.41) is 9.09. The van der Waals surface area contributed by atoms with Gasteiger partial charge in [0.2, 0.25) is 0 Å². The summed E-state index contributed by atoms with van der Waals surface area (Å²) in [5.41, 5.74) is 3.55. The standard InChI is InChI=1S/C16H18N4O2S/c1-9-7-13(10(2)17-9)14(21)8-23-16-19-18-15(20(16)4)12-5-6-22-11(12)3/h5-7,17H,8H2,1-4H3. The second-order valence-electron chi connectivity index (χ2n) is 5.46. The third-order valence-corrected chi connectivity index (χ3v) is 4.74. The molecule has 0 aliphatic rings. The first-order valence-electron chi connectivity index (χ1n) is 7.23. The monoisotopic (exact) mass is 330 g/mol. The summed E-state index contributed by atoms with van der Waals surface area (Å²) in [5.74, 6) is 1.95. The zero-order chi connectivity index (χ0) is 16.6. The highest BCUT2D eigenvalue weighted by Gasteiger charge is 2.17. The molecular weight excluding hydrogens is 312 g/mol. The van der Waals surface area contributed by atoms with Crippen LogP contribution >= 0.6 is 11.8 Å². The van der Waals surface area contributed by atoms with Gasteiger partial charge in [-0.25, -0.2) is 0 Å². The van der Waals surface area contributed by atoms with E-state index in [0.717, 1.165) is 34.1 Å². The molecule has 0 aromatic carbocycles. The number of nitrogens with zero attached hydrogens (tertiary/aromatic N) is 3. The van der Waals surface area contributed by atoms with Crippen LogP contribution in [0.4, 0.5) is 0 Å². The van der Waals surface area contributed by atoms with E-state index in [9.17, 15) is 4.79 Å². The third-order valence-electron chi connectivity index (χ3n) is 3.72. The van der Waals surface area contributed by atoms with Crippen molar-refractivity contribution in [3.05, 3.63) is 41.1 Å². The van der Waals surface area contributed by atoms with Gasteiger partial charge >= 0.3 is 0 Å². The summed E-state index contributed by atoms with van der Waals surface area (Å²) >= 11 is 1.39. The van der Waals surface area contributed by atoms with Gasteiger partial charge in [0.05, 0.1) is 17.6 Å². The van der Waals surface area contributed by atoms with Gasteiger partial charge in [0, 0.05) is 24.0 Å². The molecule has 0 fully saturated rings. The minimum atomic E-state index is 0.0842. The van der Waals surface area contributed by atoms with E-state index in [1.165, 1.54) is 11.8 Å². The second kappa shape index (κ2) is 6.08. The fourth-order valence-electron chi connectivity index (χ4n) is 2.51. The first kappa shape index (κ1) is 15.6. The fraction of sp³-hybridized carbons (Fsp3) is 0.312. The number of aromatic amines is 1. The molecule has 0 aliphatic carbocycles. The summed E-state index contributed by atoms with van der Waals surface area (Å²) < 4.78 is 7.19. The Labute approximate surface area is 138 Å². The Morgan fingerprint density at radius 2 is 2.13 bits per heavy atom. The number of ketones is 1. The molecule has 3 aromatic heterocycles. The minimum Gasteiger partial charge on any atom is -0.469 e. The van der Waals surface area contributed by atoms with Crippen LogP contribution in [0.15, 0.2) is 28.0 Å². The maximum absolute atomic E-state index is 12.3. The molecule has 0 radical (unpaired) electrons. The summed E-state index contributed by atoms with van der Waals surface area (Å²) in [7, 11) is 1.89. The van der Waals surface area contributed by atoms with Gasteiger partial charge < -0.3 is 14.0 Å². The molecule has 7 heteroatoms. The van der Waals surface area contributed by atoms with Crippen molar-refractivity contribution in [3.8, 4) is 11.4 Å². The number of nitrogens with one attached hydrogen (secondary N) is 1. The lowest BCUT2D eigenvalue weighted by Crippen LogP contribution is -2.04. The molecule has 3 aromatic rings. The van der Waals surface area contributed by atoms with Crippen molar-refractivity contribution in [3.63, 3.8) is 0 Å². The van der Waals surface area contributed by atoms with Crippen molar-refractivity contribution in [2.24, 2.45) is 7.05 Å². The predicted molar refractivity (Wildman–Crippen MR) is 88.8 cm³/mol. The molecule has 23 heavy (non-hydrogen) atoms. The fourth-order valence-corrected chi connectivity index (χ4v) is 3.31. The molecule has 3 heterocycles. The molecule has 1 N–H and O–H groups in total. The molecule has 0 saturated heterocycles. The lowest BCUT2D eigenvalue weighted by Gasteiger charge is -2.03. The number of H-pyrrole nitrogens is 1. The van der Waals surface area contributed by atoms with E-state index in [-0.39, 0.29) is 5.78 Å². The van der Waals surface area contributed by atoms with Crippen molar-refractivity contribution in [1.29, 1.82) is 0 Å². The summed E-state index contributed by atoms with van der Waals surface area (Å²) in [6, 6.07) is 3.75. The Kier molecular flexibility index (Phi) is 4.12. The Morgan fingerprint density at radius 1 is 1.35 bits per heavy atom. The highest BCUT2D eigenvalue weighted by molar-refractivity contribution is 7.99. The van der Waals surface area contributed by atoms with Crippen LogP contribution in [0, 0.1) is 20.8 Å². The highest BCUT2D eigenvalue weighted by atomic mass is 32.2. The number of thioether (sulfide) groups is 1. The molecule has 0 saturated carbocycles. The van der Waals surface area contributed by atoms with Crippen molar-refractivity contribution >= 4 is 17.5 Å². The average molecular weight is 330 g/mol. The summed E-state index contributed by atoms with van der Waals surface area (Å²) in [6.45, 7) is 5.74. The zero-order valence-corrected chi connectivity index (χ0v) is 14.3. The molecule has 0 aliphatic heterocycles. The number of carbonyl (C=O) groups is 1. The Balaban J connectivity index is 1.75. The largest absolute Gasteiger partial charge is 0.469 e. The maximum Gasteiger partial charge on any atom is 0.191 e. The normalized spacial score (nSPS) is 11.1. The van der Waals surface area contributed by atoms with Crippen LogP contribution < -0.4 is 0 Å². The van der Waals surface area contributed by atoms with E-state index in [0.29, 0.717) is 10.9 Å². The van der Waals surface area contributed by atoms with Crippen LogP contribution in [-0.2, 0) is 7.05 Å². The lowest BCUT2D eigenvalue weighted by atomic mass is 10.2. The van der Waals surface area contributed by atoms with E-state index in [4.69, 9.17) is 4.42 Å². The molecule has 0 bridgehead atoms. The molecular formula is C16H18N4O2S. The van der Waals surface area contributed by atoms with Crippen LogP contribution in [0.2, 0.25) is 0 Å². The number of carbonyl (C=O) groups excluding carboxylic acids is 1. The molecule has 0 atom stereocenters. The number of hydrogen-bond acceptors (Lipinski definition) is 5. The van der Waals surface area contributed by atoms with Gasteiger partial charge in [0.15, 0.2) is 16.8 Å². The van der Waals surface area contributed by atoms with E-state index in [1.54, 1.807) is 6.26 Å². The molecule has 0 amide bonds. The predicted octanol–water partition coefficient (Wildman–Crippen LogP) is 3.30. The smallest absolute Gasteiger partial charge is 0.191 e. The van der Waals surface area contributed by atoms with Crippen LogP contribution in [0.5, 0.6) is 0 Å². The van der Waals surface area contributed by atoms with E-state index in [1.807, 2.05) is 44.5 Å². The SMILES string of the molecule is Cc1cc(C(=O)CSc2nnc(-c3ccoc3C)n2C)c(C)[nH]1. The Morgan fingerprint density at radius 3 is 2.74 bits per heavy atom. The highest BCUT2D eigenvalue weighted by Crippen LogP contribution is 2.26. The third kappa shape index (κ3) is 2.96. The number of hydrogen-bond donors (Lipinski definition) is 1. The first-order valence-corrected chi connectivity index (χ1v) is 8.22. The molecule has 6 nitrogen and oxygen atoms in total. The minimum absolute atomic E-state index is 0.0842. The van der Waals surface area contributed by atoms with Gasteiger partial charge in [-0.2, -0.15) is 0 Å². The molecule has 0 unspecified atom stereocenters. The Hall–Kier alpha value is -2.28. The van der Waals surface area contributed by atoms with Crippen molar-refractivity contribution < 1.29 is 9.21 Å². The summed E-state index contributed by atoms with van der Waals surface area (Å²) in [4.78, 5) is 15.5. The van der Waals surface area contributed by atoms with E-state index < -0.39 is 0 Å². The number of furan rings is 1. The molecule has 120 valence electrons. The van der Waals surface area contributed by atoms with Crippen molar-refractivity contribution in [2.75, 3.05) is 5.75 Å². The van der Waals surface area contributed by atoms with Gasteiger partial charge in [-0.1, -0.05) is 11.8 Å². The molecule has 3 rings (SSSR count). The van der Waals surface area contributed by atoms with Gasteiger partial charge in [-0.15, -0.1) is 10.2 Å². The van der Waals surface area contributed by atoms with Crippen molar-refractivity contribution in [2.45, 2.75) is 25.9 Å². The van der Waals surface area contributed by atoms with E-state index >= 15 is 0 Å². The quantitative estimate of drug-likeness (QED) is 0.574. The van der Waals surface area contributed by atoms with E-state index in [2.05, 4.69) is 15.2 Å². The van der Waals surface area contributed by atoms with Gasteiger partial charge in [0.25, 0.3) is 0 Å². The maximum atomic E-state index is 12.3. The van der Waals surface area contributed by atoms with Gasteiger partial charge in [-0.3, -0.25) is 4.79 Å². The average Bonchev–Trinajstić information content (AvgIpc) is 3.16. The number of aryl methyl sites for hydroxylation is 3. The molecule has 0 spiro atoms. The Bertz CT molecular complexity index is 859. The second-order valence-corrected chi connectivity index (χ2v) is 6.40. The van der Waals surface area contributed by atoms with Crippen LogP contribution in [0.1, 0.15) is 27.5 Å². The van der Waals surface area contributed by atoms with Crippen LogP contribution in [0.3, 0.4) is 0 Å². The summed E-state index contributed by atoms with van der Waals surface area (Å²) in [6.07, 6.45) is 1.63. The zero-order valence-electron chi connectivity index (χ0n) is 13.5.